The molecule has 0 spiro atoms. The number of aryl methyl sites for hydroxylation is 1. The fourth-order valence-electron chi connectivity index (χ4n) is 11.0. The molecule has 1 unspecified atom stereocenters. The fourth-order valence-corrected chi connectivity index (χ4v) is 11.0. The molecule has 0 radical (unpaired) electrons. The number of fused-ring (bicyclic) bond motifs is 2. The minimum Gasteiger partial charge on any atom is -0.382 e. The second-order valence-corrected chi connectivity index (χ2v) is 23.7. The highest BCUT2D eigenvalue weighted by atomic mass is 16.5. The Kier molecular flexibility index (Phi) is 19.6. The van der Waals surface area contributed by atoms with Crippen molar-refractivity contribution < 1.29 is 38.3 Å². The van der Waals surface area contributed by atoms with E-state index in [-0.39, 0.29) is 74.7 Å². The van der Waals surface area contributed by atoms with E-state index in [4.69, 9.17) is 4.74 Å². The number of rotatable bonds is 19. The number of methoxy groups -OCH3 is 1. The normalized spacial score (nSPS) is 20.0. The van der Waals surface area contributed by atoms with Gasteiger partial charge in [-0.1, -0.05) is 133 Å². The molecule has 2 heterocycles. The topological polar surface area (TPSA) is 211 Å². The van der Waals surface area contributed by atoms with Gasteiger partial charge in [-0.15, -0.1) is 0 Å². The lowest BCUT2D eigenvalue weighted by atomic mass is 9.84. The molecule has 1 saturated heterocycles. The minimum absolute atomic E-state index is 0.0343. The molecule has 7 rings (SSSR count). The van der Waals surface area contributed by atoms with Gasteiger partial charge in [-0.25, -0.2) is 0 Å². The van der Waals surface area contributed by atoms with Crippen LogP contribution in [0.4, 0.5) is 0 Å². The number of carbonyl (C=O) groups excluding carboxylic acids is 7. The number of amides is 7. The van der Waals surface area contributed by atoms with E-state index in [1.54, 1.807) is 69.1 Å². The van der Waals surface area contributed by atoms with Crippen molar-refractivity contribution in [2.75, 3.05) is 34.4 Å². The first-order valence-electron chi connectivity index (χ1n) is 27.8. The summed E-state index contributed by atoms with van der Waals surface area (Å²) >= 11 is 0. The van der Waals surface area contributed by atoms with Gasteiger partial charge in [0.1, 0.15) is 24.2 Å². The Labute approximate surface area is 466 Å². The van der Waals surface area contributed by atoms with Gasteiger partial charge in [0.25, 0.3) is 5.91 Å². The molecule has 7 amide bonds. The molecule has 4 aromatic carbocycles. The van der Waals surface area contributed by atoms with Crippen LogP contribution in [0.2, 0.25) is 0 Å². The summed E-state index contributed by atoms with van der Waals surface area (Å²) in [5.41, 5.74) is 4.51. The van der Waals surface area contributed by atoms with E-state index in [0.29, 0.717) is 11.1 Å². The molecule has 79 heavy (non-hydrogen) atoms. The van der Waals surface area contributed by atoms with Crippen molar-refractivity contribution in [3.63, 3.8) is 0 Å². The molecule has 0 aromatic heterocycles. The standard InChI is InChI=1S/C62H83N9O8/c1-38(63-9)54(72)67-52(61(3,4)5)59(77)70-35-45-24-16-15-23-44(45)32-50(70)58(76)69(51(37-79-11)42-21-13-12-14-22-42)34-40-28-30-43(31-29-40)56(74)65-46-33-49(57(75)66-48-27-19-25-41-20-17-18-26-47(41)48)71(36-46)60(78)53(62(6,7)8)68-55(73)39(2)64-10/h12-18,20-24,26,28-31,38-39,46,48-53,63-64H,19,25,27,32-37H2,1-11H3,(H,65,74)(H,66,75)(H,67,72)(H,68,73)/t38-,39-,46-,48+,49-,50-,51?,52+,53+/m0/s1. The van der Waals surface area contributed by atoms with Gasteiger partial charge in [-0.05, 0) is 110 Å². The summed E-state index contributed by atoms with van der Waals surface area (Å²) in [5.74, 6) is -2.52. The predicted octanol–water partition coefficient (Wildman–Crippen LogP) is 5.53. The maximum absolute atomic E-state index is 15.7. The first kappa shape index (κ1) is 59.7. The van der Waals surface area contributed by atoms with Crippen LogP contribution < -0.4 is 31.9 Å². The van der Waals surface area contributed by atoms with Crippen molar-refractivity contribution in [3.8, 4) is 0 Å². The van der Waals surface area contributed by atoms with Gasteiger partial charge >= 0.3 is 0 Å². The second-order valence-electron chi connectivity index (χ2n) is 23.7. The first-order valence-corrected chi connectivity index (χ1v) is 27.8. The van der Waals surface area contributed by atoms with Crippen LogP contribution >= 0.6 is 0 Å². The molecule has 1 fully saturated rings. The summed E-state index contributed by atoms with van der Waals surface area (Å²) < 4.78 is 5.82. The zero-order valence-corrected chi connectivity index (χ0v) is 48.0. The number of carbonyl (C=O) groups is 7. The average Bonchev–Trinajstić information content (AvgIpc) is 3.92. The Morgan fingerprint density at radius 3 is 1.81 bits per heavy atom. The molecular formula is C62H83N9O8. The molecule has 4 aromatic rings. The lowest BCUT2D eigenvalue weighted by Gasteiger charge is -2.43. The van der Waals surface area contributed by atoms with E-state index in [2.05, 4.69) is 38.0 Å². The second kappa shape index (κ2) is 25.9. The maximum Gasteiger partial charge on any atom is 0.251 e. The highest BCUT2D eigenvalue weighted by Gasteiger charge is 2.47. The van der Waals surface area contributed by atoms with Crippen molar-refractivity contribution in [3.05, 3.63) is 142 Å². The highest BCUT2D eigenvalue weighted by Crippen LogP contribution is 2.34. The molecule has 0 saturated carbocycles. The Morgan fingerprint density at radius 1 is 0.671 bits per heavy atom. The summed E-state index contributed by atoms with van der Waals surface area (Å²) in [6.07, 6.45) is 2.95. The minimum atomic E-state index is -0.974. The average molecular weight is 1080 g/mol. The summed E-state index contributed by atoms with van der Waals surface area (Å²) in [4.78, 5) is 106. The zero-order valence-electron chi connectivity index (χ0n) is 48.0. The van der Waals surface area contributed by atoms with Gasteiger partial charge in [0, 0.05) is 44.8 Å². The number of benzene rings is 4. The van der Waals surface area contributed by atoms with Crippen molar-refractivity contribution in [2.45, 2.75) is 155 Å². The van der Waals surface area contributed by atoms with Crippen molar-refractivity contribution in [2.24, 2.45) is 10.8 Å². The van der Waals surface area contributed by atoms with Gasteiger partial charge in [0.2, 0.25) is 35.4 Å². The molecule has 1 aliphatic carbocycles. The molecule has 9 atom stereocenters. The van der Waals surface area contributed by atoms with Crippen LogP contribution in [0.3, 0.4) is 0 Å². The summed E-state index contributed by atoms with van der Waals surface area (Å²) in [6.45, 7) is 15.1. The Bertz CT molecular complexity index is 2810. The van der Waals surface area contributed by atoms with Crippen LogP contribution in [0.25, 0.3) is 0 Å². The van der Waals surface area contributed by atoms with Gasteiger partial charge in [-0.2, -0.15) is 0 Å². The number of likely N-dealkylation sites (N-methyl/N-ethyl adjacent to an activating group) is 2. The molecule has 0 bridgehead atoms. The van der Waals surface area contributed by atoms with Crippen molar-refractivity contribution in [1.29, 1.82) is 0 Å². The summed E-state index contributed by atoms with van der Waals surface area (Å²) in [5, 5.41) is 18.2. The zero-order chi connectivity index (χ0) is 57.3. The molecule has 17 nitrogen and oxygen atoms in total. The molecular weight excluding hydrogens is 999 g/mol. The third-order valence-corrected chi connectivity index (χ3v) is 15.9. The van der Waals surface area contributed by atoms with Crippen LogP contribution in [-0.4, -0.2) is 133 Å². The van der Waals surface area contributed by atoms with E-state index in [9.17, 15) is 24.0 Å². The lowest BCUT2D eigenvalue weighted by Crippen LogP contribution is -2.62. The molecule has 2 aliphatic heterocycles. The molecule has 424 valence electrons. The highest BCUT2D eigenvalue weighted by molar-refractivity contribution is 5.97. The Balaban J connectivity index is 1.16. The quantitative estimate of drug-likeness (QED) is 0.0692. The fraction of sp³-hybridized carbons (Fsp3) is 0.500. The number of nitrogens with zero attached hydrogens (tertiary/aromatic N) is 3. The smallest absolute Gasteiger partial charge is 0.251 e. The number of ether oxygens (including phenoxy) is 1. The van der Waals surface area contributed by atoms with Crippen LogP contribution in [0.5, 0.6) is 0 Å². The third-order valence-electron chi connectivity index (χ3n) is 15.9. The number of likely N-dealkylation sites (tertiary alicyclic amines) is 1. The van der Waals surface area contributed by atoms with Gasteiger partial charge in [0.15, 0.2) is 0 Å². The van der Waals surface area contributed by atoms with E-state index in [1.165, 1.54) is 10.5 Å². The number of nitrogens with one attached hydrogen (secondary N) is 6. The van der Waals surface area contributed by atoms with Crippen LogP contribution in [0.1, 0.15) is 130 Å². The Morgan fingerprint density at radius 2 is 1.23 bits per heavy atom. The first-order chi connectivity index (χ1) is 37.5. The largest absolute Gasteiger partial charge is 0.382 e. The molecule has 6 N–H and O–H groups in total. The van der Waals surface area contributed by atoms with E-state index in [0.717, 1.165) is 41.5 Å². The number of hydrogen-bond donors (Lipinski definition) is 6. The van der Waals surface area contributed by atoms with E-state index < -0.39 is 71.0 Å². The SMILES string of the molecule is CN[C@@H](C)C(=O)N[C@H](C(=O)N1C[C@@H](NC(=O)c2ccc(CN(C(=O)[C@@H]3Cc4ccccc4CN3C(=O)[C@@H](NC(=O)[C@H](C)NC)C(C)(C)C)C(COC)c3ccccc3)cc2)C[C@H]1C(=O)N[C@@H]1CCCc2ccccc21)C(C)(C)C. The van der Waals surface area contributed by atoms with Crippen molar-refractivity contribution >= 4 is 41.4 Å². The van der Waals surface area contributed by atoms with Gasteiger partial charge in [0.05, 0.1) is 30.8 Å². The van der Waals surface area contributed by atoms with Crippen LogP contribution in [0, 0.1) is 10.8 Å². The van der Waals surface area contributed by atoms with Gasteiger partial charge < -0.3 is 51.3 Å². The van der Waals surface area contributed by atoms with E-state index in [1.807, 2.05) is 114 Å². The molecule has 3 aliphatic rings. The number of hydrogen-bond acceptors (Lipinski definition) is 10. The van der Waals surface area contributed by atoms with Crippen molar-refractivity contribution in [1.82, 2.24) is 46.6 Å². The molecule has 17 heteroatoms. The van der Waals surface area contributed by atoms with Crippen LogP contribution in [-0.2, 0) is 59.4 Å². The lowest BCUT2D eigenvalue weighted by molar-refractivity contribution is -0.153. The monoisotopic (exact) mass is 1080 g/mol. The third kappa shape index (κ3) is 14.3. The predicted molar refractivity (Wildman–Crippen MR) is 304 cm³/mol. The maximum atomic E-state index is 15.7. The Hall–Kier alpha value is -6.95. The van der Waals surface area contributed by atoms with Gasteiger partial charge in [-0.3, -0.25) is 33.6 Å². The summed E-state index contributed by atoms with van der Waals surface area (Å²) in [7, 11) is 4.93. The van der Waals surface area contributed by atoms with E-state index >= 15 is 9.59 Å². The summed E-state index contributed by atoms with van der Waals surface area (Å²) in [6, 6.07) is 26.0. The van der Waals surface area contributed by atoms with Crippen LogP contribution in [0.15, 0.2) is 103 Å².